The number of aliphatic carboxylic acids is 1. The topological polar surface area (TPSA) is 71.4 Å². The number of halogens is 3. The molecule has 16 heavy (non-hydrogen) atoms. The van der Waals surface area contributed by atoms with Gasteiger partial charge in [-0.05, 0) is 33.6 Å². The van der Waals surface area contributed by atoms with Crippen LogP contribution < -0.4 is 0 Å². The molecule has 1 N–H and O–H groups in total. The fourth-order valence-electron chi connectivity index (χ4n) is 1.10. The van der Waals surface area contributed by atoms with Gasteiger partial charge in [0.2, 0.25) is 0 Å². The van der Waals surface area contributed by atoms with Gasteiger partial charge in [0.25, 0.3) is 9.05 Å². The van der Waals surface area contributed by atoms with Crippen LogP contribution in [-0.2, 0) is 20.3 Å². The minimum atomic E-state index is -4.01. The summed E-state index contributed by atoms with van der Waals surface area (Å²) in [4.78, 5) is 10.3. The predicted octanol–water partition coefficient (Wildman–Crippen LogP) is 2.66. The van der Waals surface area contributed by atoms with E-state index >= 15 is 0 Å². The molecule has 0 radical (unpaired) electrons. The van der Waals surface area contributed by atoms with Gasteiger partial charge in [0, 0.05) is 15.2 Å². The van der Waals surface area contributed by atoms with Crippen molar-refractivity contribution in [2.75, 3.05) is 0 Å². The fourth-order valence-corrected chi connectivity index (χ4v) is 2.85. The van der Waals surface area contributed by atoms with Gasteiger partial charge < -0.3 is 5.11 Å². The first kappa shape index (κ1) is 13.8. The lowest BCUT2D eigenvalue weighted by Gasteiger charge is -2.06. The van der Waals surface area contributed by atoms with E-state index in [0.717, 1.165) is 6.07 Å². The molecule has 88 valence electrons. The van der Waals surface area contributed by atoms with Crippen molar-refractivity contribution in [1.82, 2.24) is 0 Å². The molecule has 0 amide bonds. The molecule has 0 atom stereocenters. The number of hydrogen-bond donors (Lipinski definition) is 1. The summed E-state index contributed by atoms with van der Waals surface area (Å²) in [6.45, 7) is 0. The monoisotopic (exact) mass is 346 g/mol. The second-order valence-corrected chi connectivity index (χ2v) is 6.68. The van der Waals surface area contributed by atoms with Gasteiger partial charge in [-0.3, -0.25) is 4.79 Å². The lowest BCUT2D eigenvalue weighted by molar-refractivity contribution is -0.136. The van der Waals surface area contributed by atoms with E-state index in [1.165, 1.54) is 6.07 Å². The first-order valence-corrected chi connectivity index (χ1v) is 7.34. The van der Waals surface area contributed by atoms with Crippen molar-refractivity contribution in [2.45, 2.75) is 11.3 Å². The molecule has 0 aromatic heterocycles. The molecule has 0 aliphatic rings. The van der Waals surface area contributed by atoms with Crippen molar-refractivity contribution in [3.63, 3.8) is 0 Å². The third kappa shape index (κ3) is 3.35. The molecule has 1 aromatic carbocycles. The summed E-state index contributed by atoms with van der Waals surface area (Å²) in [5.41, 5.74) is 0.0822. The molecule has 4 nitrogen and oxygen atoms in total. The molecule has 0 saturated carbocycles. The average molecular weight is 348 g/mol. The maximum absolute atomic E-state index is 11.2. The molecular weight excluding hydrogens is 343 g/mol. The number of benzene rings is 1. The Hall–Kier alpha value is -0.300. The highest BCUT2D eigenvalue weighted by molar-refractivity contribution is 9.10. The van der Waals surface area contributed by atoms with Gasteiger partial charge in [-0.15, -0.1) is 0 Å². The zero-order valence-corrected chi connectivity index (χ0v) is 11.5. The number of rotatable bonds is 3. The molecule has 1 rings (SSSR count). The molecule has 0 bridgehead atoms. The zero-order valence-electron chi connectivity index (χ0n) is 7.58. The molecule has 8 heteroatoms. The molecule has 0 spiro atoms. The first-order valence-electron chi connectivity index (χ1n) is 3.86. The van der Waals surface area contributed by atoms with Crippen LogP contribution in [0.4, 0.5) is 0 Å². The van der Waals surface area contributed by atoms with E-state index in [9.17, 15) is 13.2 Å². The number of carboxylic acids is 1. The van der Waals surface area contributed by atoms with Crippen molar-refractivity contribution in [2.24, 2.45) is 0 Å². The van der Waals surface area contributed by atoms with Crippen LogP contribution in [0.15, 0.2) is 21.5 Å². The predicted molar refractivity (Wildman–Crippen MR) is 63.5 cm³/mol. The van der Waals surface area contributed by atoms with Gasteiger partial charge in [0.1, 0.15) is 0 Å². The van der Waals surface area contributed by atoms with Crippen LogP contribution in [0.1, 0.15) is 5.56 Å². The van der Waals surface area contributed by atoms with E-state index in [1.807, 2.05) is 0 Å². The van der Waals surface area contributed by atoms with Gasteiger partial charge in [-0.25, -0.2) is 8.42 Å². The van der Waals surface area contributed by atoms with Gasteiger partial charge in [-0.2, -0.15) is 0 Å². The number of carboxylic acid groups (broad SMARTS) is 1. The summed E-state index contributed by atoms with van der Waals surface area (Å²) in [7, 11) is 1.16. The normalized spacial score (nSPS) is 11.4. The van der Waals surface area contributed by atoms with Crippen molar-refractivity contribution in [1.29, 1.82) is 0 Å². The minimum Gasteiger partial charge on any atom is -0.481 e. The summed E-state index contributed by atoms with van der Waals surface area (Å²) < 4.78 is 22.8. The standard InChI is InChI=1S/C8H5BrCl2O4S/c9-5-1-4(2-8(12)13)7(3-6(5)10)16(11,14)15/h1,3H,2H2,(H,12,13). The Bertz CT molecular complexity index is 541. The van der Waals surface area contributed by atoms with Crippen molar-refractivity contribution in [3.05, 3.63) is 27.2 Å². The molecule has 0 heterocycles. The van der Waals surface area contributed by atoms with Crippen LogP contribution in [0.2, 0.25) is 5.02 Å². The molecule has 0 aliphatic carbocycles. The van der Waals surface area contributed by atoms with Crippen molar-refractivity contribution >= 4 is 53.2 Å². The third-order valence-electron chi connectivity index (χ3n) is 1.71. The van der Waals surface area contributed by atoms with Gasteiger partial charge >= 0.3 is 5.97 Å². The van der Waals surface area contributed by atoms with E-state index in [0.29, 0.717) is 4.47 Å². The third-order valence-corrected chi connectivity index (χ3v) is 4.31. The van der Waals surface area contributed by atoms with Crippen LogP contribution in [0.25, 0.3) is 0 Å². The van der Waals surface area contributed by atoms with E-state index in [2.05, 4.69) is 15.9 Å². The minimum absolute atomic E-state index is 0.0822. The second kappa shape index (κ2) is 4.91. The Morgan fingerprint density at radius 1 is 1.44 bits per heavy atom. The summed E-state index contributed by atoms with van der Waals surface area (Å²) in [5.74, 6) is -1.16. The first-order chi connectivity index (χ1) is 7.21. The summed E-state index contributed by atoms with van der Waals surface area (Å²) >= 11 is 8.79. The van der Waals surface area contributed by atoms with Crippen LogP contribution >= 0.6 is 38.2 Å². The van der Waals surface area contributed by atoms with E-state index in [-0.39, 0.29) is 15.5 Å². The quantitative estimate of drug-likeness (QED) is 0.853. The maximum atomic E-state index is 11.2. The largest absolute Gasteiger partial charge is 0.481 e. The Kier molecular flexibility index (Phi) is 4.23. The van der Waals surface area contributed by atoms with Gasteiger partial charge in [-0.1, -0.05) is 11.6 Å². The highest BCUT2D eigenvalue weighted by Crippen LogP contribution is 2.30. The lowest BCUT2D eigenvalue weighted by atomic mass is 10.1. The fraction of sp³-hybridized carbons (Fsp3) is 0.125. The van der Waals surface area contributed by atoms with Crippen LogP contribution in [0, 0.1) is 0 Å². The smallest absolute Gasteiger partial charge is 0.307 e. The summed E-state index contributed by atoms with van der Waals surface area (Å²) in [5, 5.41) is 8.78. The highest BCUT2D eigenvalue weighted by atomic mass is 79.9. The van der Waals surface area contributed by atoms with Crippen LogP contribution in [0.3, 0.4) is 0 Å². The van der Waals surface area contributed by atoms with E-state index < -0.39 is 21.4 Å². The Balaban J connectivity index is 3.45. The Morgan fingerprint density at radius 3 is 2.44 bits per heavy atom. The number of hydrogen-bond acceptors (Lipinski definition) is 3. The van der Waals surface area contributed by atoms with Crippen LogP contribution in [0.5, 0.6) is 0 Å². The Labute approximate surface area is 110 Å². The van der Waals surface area contributed by atoms with E-state index in [4.69, 9.17) is 27.4 Å². The van der Waals surface area contributed by atoms with Crippen LogP contribution in [-0.4, -0.2) is 19.5 Å². The SMILES string of the molecule is O=C(O)Cc1cc(Br)c(Cl)cc1S(=O)(=O)Cl. The average Bonchev–Trinajstić information content (AvgIpc) is 2.08. The number of carbonyl (C=O) groups is 1. The van der Waals surface area contributed by atoms with Crippen molar-refractivity contribution in [3.8, 4) is 0 Å². The maximum Gasteiger partial charge on any atom is 0.307 e. The second-order valence-electron chi connectivity index (χ2n) is 2.88. The molecular formula is C8H5BrCl2O4S. The summed E-state index contributed by atoms with van der Waals surface area (Å²) in [6.07, 6.45) is -0.447. The highest BCUT2D eigenvalue weighted by Gasteiger charge is 2.19. The molecule has 1 aromatic rings. The van der Waals surface area contributed by atoms with Crippen molar-refractivity contribution < 1.29 is 18.3 Å². The van der Waals surface area contributed by atoms with Gasteiger partial charge in [0.05, 0.1) is 16.3 Å². The van der Waals surface area contributed by atoms with Gasteiger partial charge in [0.15, 0.2) is 0 Å². The molecule has 0 saturated heterocycles. The van der Waals surface area contributed by atoms with E-state index in [1.54, 1.807) is 0 Å². The lowest BCUT2D eigenvalue weighted by Crippen LogP contribution is -2.05. The molecule has 0 fully saturated rings. The molecule has 0 unspecified atom stereocenters. The molecule has 0 aliphatic heterocycles. The summed E-state index contributed by atoms with van der Waals surface area (Å²) in [6, 6.07) is 2.44. The Morgan fingerprint density at radius 2 is 2.00 bits per heavy atom. The zero-order chi connectivity index (χ0) is 12.5.